The molecule has 0 aliphatic carbocycles. The molecule has 0 heterocycles. The average Bonchev–Trinajstić information content (AvgIpc) is 2.33. The lowest BCUT2D eigenvalue weighted by molar-refractivity contribution is -0.124. The first-order valence-electron chi connectivity index (χ1n) is 6.61. The van der Waals surface area contributed by atoms with E-state index in [2.05, 4.69) is 10.0 Å². The van der Waals surface area contributed by atoms with Gasteiger partial charge in [-0.2, -0.15) is 0 Å². The largest absolute Gasteiger partial charge is 0.356 e. The Morgan fingerprint density at radius 2 is 1.78 bits per heavy atom. The molecule has 0 radical (unpaired) electrons. The zero-order chi connectivity index (χ0) is 14.2. The lowest BCUT2D eigenvalue weighted by Gasteiger charge is -2.16. The van der Waals surface area contributed by atoms with Crippen LogP contribution in [0.1, 0.15) is 47.0 Å². The summed E-state index contributed by atoms with van der Waals surface area (Å²) < 4.78 is 26.1. The second-order valence-corrected chi connectivity index (χ2v) is 6.81. The van der Waals surface area contributed by atoms with Gasteiger partial charge in [-0.15, -0.1) is 0 Å². The molecule has 5 nitrogen and oxygen atoms in total. The minimum Gasteiger partial charge on any atom is -0.356 e. The van der Waals surface area contributed by atoms with Gasteiger partial charge in [0.25, 0.3) is 0 Å². The number of hydrogen-bond donors (Lipinski definition) is 2. The van der Waals surface area contributed by atoms with Crippen molar-refractivity contribution in [3.8, 4) is 0 Å². The Bertz CT molecular complexity index is 341. The first-order chi connectivity index (χ1) is 8.35. The molecule has 0 aromatic rings. The van der Waals surface area contributed by atoms with Crippen LogP contribution in [0.25, 0.3) is 0 Å². The summed E-state index contributed by atoms with van der Waals surface area (Å²) in [5, 5.41) is 2.28. The average molecular weight is 278 g/mol. The summed E-state index contributed by atoms with van der Waals surface area (Å²) in [7, 11) is -3.24. The van der Waals surface area contributed by atoms with Crippen molar-refractivity contribution in [3.05, 3.63) is 0 Å². The van der Waals surface area contributed by atoms with E-state index in [-0.39, 0.29) is 11.8 Å². The molecule has 0 aromatic carbocycles. The maximum atomic E-state index is 11.8. The maximum absolute atomic E-state index is 11.8. The molecule has 0 fully saturated rings. The smallest absolute Gasteiger partial charge is 0.222 e. The number of sulfonamides is 1. The Kier molecular flexibility index (Phi) is 8.18. The van der Waals surface area contributed by atoms with E-state index in [0.717, 1.165) is 6.42 Å². The molecular formula is C12H26N2O3S. The highest BCUT2D eigenvalue weighted by Crippen LogP contribution is 2.13. The summed E-state index contributed by atoms with van der Waals surface area (Å²) in [5.74, 6) is -0.155. The van der Waals surface area contributed by atoms with E-state index in [9.17, 15) is 13.2 Å². The van der Waals surface area contributed by atoms with Gasteiger partial charge in [-0.25, -0.2) is 13.1 Å². The lowest BCUT2D eigenvalue weighted by Crippen LogP contribution is -2.34. The van der Waals surface area contributed by atoms with E-state index < -0.39 is 15.3 Å². The van der Waals surface area contributed by atoms with Crippen molar-refractivity contribution >= 4 is 15.9 Å². The van der Waals surface area contributed by atoms with Gasteiger partial charge < -0.3 is 5.32 Å². The molecule has 2 atom stereocenters. The maximum Gasteiger partial charge on any atom is 0.222 e. The van der Waals surface area contributed by atoms with Crippen LogP contribution in [0.3, 0.4) is 0 Å². The predicted octanol–water partition coefficient (Wildman–Crippen LogP) is 1.26. The summed E-state index contributed by atoms with van der Waals surface area (Å²) in [6, 6.07) is 0. The molecule has 108 valence electrons. The van der Waals surface area contributed by atoms with Gasteiger partial charge in [-0.05, 0) is 33.1 Å². The van der Waals surface area contributed by atoms with Crippen LogP contribution in [-0.4, -0.2) is 32.7 Å². The van der Waals surface area contributed by atoms with Crippen molar-refractivity contribution in [3.63, 3.8) is 0 Å². The van der Waals surface area contributed by atoms with E-state index in [1.807, 2.05) is 20.8 Å². The van der Waals surface area contributed by atoms with Crippen molar-refractivity contribution < 1.29 is 13.2 Å². The fraction of sp³-hybridized carbons (Fsp3) is 0.917. The second-order valence-electron chi connectivity index (χ2n) is 4.62. The molecular weight excluding hydrogens is 252 g/mol. The first kappa shape index (κ1) is 17.4. The Labute approximate surface area is 111 Å². The summed E-state index contributed by atoms with van der Waals surface area (Å²) >= 11 is 0. The van der Waals surface area contributed by atoms with Gasteiger partial charge in [0.1, 0.15) is 0 Å². The Morgan fingerprint density at radius 3 is 2.28 bits per heavy atom. The quantitative estimate of drug-likeness (QED) is 0.666. The predicted molar refractivity (Wildman–Crippen MR) is 73.8 cm³/mol. The number of hydrogen-bond acceptors (Lipinski definition) is 3. The van der Waals surface area contributed by atoms with E-state index in [1.54, 1.807) is 6.92 Å². The van der Waals surface area contributed by atoms with Crippen LogP contribution in [0.4, 0.5) is 0 Å². The van der Waals surface area contributed by atoms with Crippen molar-refractivity contribution in [1.29, 1.82) is 0 Å². The molecule has 0 rings (SSSR count). The molecule has 2 unspecified atom stereocenters. The molecule has 6 heteroatoms. The molecule has 0 aliphatic rings. The van der Waals surface area contributed by atoms with E-state index >= 15 is 0 Å². The third-order valence-corrected chi connectivity index (χ3v) is 4.79. The van der Waals surface area contributed by atoms with Crippen LogP contribution in [0.2, 0.25) is 0 Å². The minimum absolute atomic E-state index is 0.0105. The minimum atomic E-state index is -3.24. The number of amides is 1. The van der Waals surface area contributed by atoms with Crippen LogP contribution >= 0.6 is 0 Å². The second kappa shape index (κ2) is 8.48. The molecule has 1 amide bonds. The highest BCUT2D eigenvalue weighted by molar-refractivity contribution is 7.90. The normalized spacial score (nSPS) is 15.1. The molecule has 0 saturated heterocycles. The highest BCUT2D eigenvalue weighted by Gasteiger charge is 2.21. The molecule has 18 heavy (non-hydrogen) atoms. The van der Waals surface area contributed by atoms with Gasteiger partial charge in [0.2, 0.25) is 15.9 Å². The van der Waals surface area contributed by atoms with Crippen LogP contribution in [-0.2, 0) is 14.8 Å². The monoisotopic (exact) mass is 278 g/mol. The number of nitrogens with one attached hydrogen (secondary N) is 2. The Morgan fingerprint density at radius 1 is 1.17 bits per heavy atom. The van der Waals surface area contributed by atoms with Gasteiger partial charge in [0.05, 0.1) is 5.25 Å². The van der Waals surface area contributed by atoms with E-state index in [0.29, 0.717) is 25.9 Å². The van der Waals surface area contributed by atoms with Crippen molar-refractivity contribution in [2.45, 2.75) is 52.2 Å². The van der Waals surface area contributed by atoms with Crippen LogP contribution in [0.15, 0.2) is 0 Å². The van der Waals surface area contributed by atoms with Crippen LogP contribution in [0.5, 0.6) is 0 Å². The lowest BCUT2D eigenvalue weighted by atomic mass is 10.0. The fourth-order valence-electron chi connectivity index (χ4n) is 1.51. The van der Waals surface area contributed by atoms with Crippen molar-refractivity contribution in [1.82, 2.24) is 10.0 Å². The molecule has 0 saturated carbocycles. The third-order valence-electron chi connectivity index (χ3n) is 2.89. The Balaban J connectivity index is 4.16. The fourth-order valence-corrected chi connectivity index (χ4v) is 2.73. The molecule has 0 bridgehead atoms. The number of carbonyl (C=O) groups excluding carboxylic acids is 1. The molecule has 0 aliphatic heterocycles. The zero-order valence-corrected chi connectivity index (χ0v) is 12.6. The summed E-state index contributed by atoms with van der Waals surface area (Å²) in [6.45, 7) is 8.37. The van der Waals surface area contributed by atoms with Crippen molar-refractivity contribution in [2.75, 3.05) is 13.1 Å². The first-order valence-corrected chi connectivity index (χ1v) is 8.15. The summed E-state index contributed by atoms with van der Waals surface area (Å²) in [6.07, 6.45) is 1.86. The number of rotatable bonds is 9. The highest BCUT2D eigenvalue weighted by atomic mass is 32.2. The number of carbonyl (C=O) groups is 1. The van der Waals surface area contributed by atoms with Crippen LogP contribution in [0, 0.1) is 5.92 Å². The van der Waals surface area contributed by atoms with Gasteiger partial charge in [-0.1, -0.05) is 13.8 Å². The SMILES string of the molecule is CCCNS(=O)(=O)C(C)CCC(C)C(=O)NCC. The molecule has 2 N–H and O–H groups in total. The zero-order valence-electron chi connectivity index (χ0n) is 11.8. The van der Waals surface area contributed by atoms with Gasteiger partial charge >= 0.3 is 0 Å². The van der Waals surface area contributed by atoms with Crippen molar-refractivity contribution in [2.24, 2.45) is 5.92 Å². The third kappa shape index (κ3) is 6.35. The van der Waals surface area contributed by atoms with Gasteiger partial charge in [0.15, 0.2) is 0 Å². The Hall–Kier alpha value is -0.620. The standard InChI is InChI=1S/C12H26N2O3S/c1-5-9-14-18(16,17)11(4)8-7-10(3)12(15)13-6-2/h10-11,14H,5-9H2,1-4H3,(H,13,15). The summed E-state index contributed by atoms with van der Waals surface area (Å²) in [4.78, 5) is 11.5. The van der Waals surface area contributed by atoms with Crippen LogP contribution < -0.4 is 10.0 Å². The molecule has 0 aromatic heterocycles. The van der Waals surface area contributed by atoms with Gasteiger partial charge in [0, 0.05) is 19.0 Å². The van der Waals surface area contributed by atoms with Gasteiger partial charge in [-0.3, -0.25) is 4.79 Å². The molecule has 0 spiro atoms. The van der Waals surface area contributed by atoms with E-state index in [1.165, 1.54) is 0 Å². The van der Waals surface area contributed by atoms with E-state index in [4.69, 9.17) is 0 Å². The topological polar surface area (TPSA) is 75.3 Å². The summed E-state index contributed by atoms with van der Waals surface area (Å²) in [5.41, 5.74) is 0.